The number of hydrogen-bond donors (Lipinski definition) is 2. The number of aliphatic hydroxyl groups is 2. The van der Waals surface area contributed by atoms with Crippen molar-refractivity contribution in [3.63, 3.8) is 0 Å². The van der Waals surface area contributed by atoms with Crippen LogP contribution in [0.15, 0.2) is 0 Å². The molecule has 60 valence electrons. The van der Waals surface area contributed by atoms with Crippen LogP contribution in [0, 0.1) is 5.92 Å². The number of ether oxygens (including phenoxy) is 1. The molecule has 0 spiro atoms. The van der Waals surface area contributed by atoms with Crippen LogP contribution in [0.2, 0.25) is 0 Å². The fourth-order valence-electron chi connectivity index (χ4n) is 1.10. The minimum absolute atomic E-state index is 0.0176. The lowest BCUT2D eigenvalue weighted by molar-refractivity contribution is -0.0937. The molecule has 3 nitrogen and oxygen atoms in total. The van der Waals surface area contributed by atoms with Crippen LogP contribution < -0.4 is 0 Å². The van der Waals surface area contributed by atoms with Crippen molar-refractivity contribution in [2.75, 3.05) is 13.2 Å². The Morgan fingerprint density at radius 2 is 2.30 bits per heavy atom. The topological polar surface area (TPSA) is 49.7 Å². The monoisotopic (exact) mass is 146 g/mol. The Kier molecular flexibility index (Phi) is 2.65. The van der Waals surface area contributed by atoms with E-state index in [0.717, 1.165) is 0 Å². The molecule has 3 atom stereocenters. The van der Waals surface area contributed by atoms with E-state index in [2.05, 4.69) is 0 Å². The molecule has 0 aromatic heterocycles. The summed E-state index contributed by atoms with van der Waals surface area (Å²) in [6.45, 7) is 2.52. The smallest absolute Gasteiger partial charge is 0.0830 e. The third kappa shape index (κ3) is 1.68. The highest BCUT2D eigenvalue weighted by molar-refractivity contribution is 4.74. The summed E-state index contributed by atoms with van der Waals surface area (Å²) in [6, 6.07) is 0. The van der Waals surface area contributed by atoms with E-state index in [4.69, 9.17) is 9.84 Å². The van der Waals surface area contributed by atoms with E-state index in [-0.39, 0.29) is 24.7 Å². The van der Waals surface area contributed by atoms with Gasteiger partial charge in [0.2, 0.25) is 0 Å². The zero-order valence-electron chi connectivity index (χ0n) is 6.16. The van der Waals surface area contributed by atoms with Crippen molar-refractivity contribution in [3.8, 4) is 0 Å². The van der Waals surface area contributed by atoms with Crippen LogP contribution in [-0.2, 0) is 4.74 Å². The van der Waals surface area contributed by atoms with Gasteiger partial charge in [-0.05, 0) is 0 Å². The molecule has 1 saturated heterocycles. The molecule has 0 amide bonds. The molecular formula is C7H14O3. The summed E-state index contributed by atoms with van der Waals surface area (Å²) >= 11 is 0. The lowest BCUT2D eigenvalue weighted by Crippen LogP contribution is -2.37. The van der Waals surface area contributed by atoms with Crippen molar-refractivity contribution < 1.29 is 14.9 Å². The number of aliphatic hydroxyl groups excluding tert-OH is 2. The van der Waals surface area contributed by atoms with Gasteiger partial charge < -0.3 is 14.9 Å². The standard InChI is InChI=1S/C7H14O3/c1-5-4-10-6(3-8)2-7(5)9/h5-9H,2-4H2,1H3. The van der Waals surface area contributed by atoms with Gasteiger partial charge in [0.05, 0.1) is 25.4 Å². The molecule has 1 aliphatic heterocycles. The van der Waals surface area contributed by atoms with Crippen molar-refractivity contribution in [1.29, 1.82) is 0 Å². The lowest BCUT2D eigenvalue weighted by atomic mass is 9.97. The summed E-state index contributed by atoms with van der Waals surface area (Å²) in [5.41, 5.74) is 0. The highest BCUT2D eigenvalue weighted by atomic mass is 16.5. The molecule has 1 aliphatic rings. The van der Waals surface area contributed by atoms with Crippen molar-refractivity contribution in [3.05, 3.63) is 0 Å². The molecule has 1 rings (SSSR count). The molecule has 1 fully saturated rings. The first-order valence-corrected chi connectivity index (χ1v) is 3.64. The maximum Gasteiger partial charge on any atom is 0.0830 e. The predicted molar refractivity (Wildman–Crippen MR) is 36.6 cm³/mol. The average Bonchev–Trinajstić information content (AvgIpc) is 1.95. The van der Waals surface area contributed by atoms with E-state index in [0.29, 0.717) is 13.0 Å². The highest BCUT2D eigenvalue weighted by Gasteiger charge is 2.25. The van der Waals surface area contributed by atoms with Gasteiger partial charge in [0, 0.05) is 12.3 Å². The van der Waals surface area contributed by atoms with Crippen LogP contribution in [0.5, 0.6) is 0 Å². The van der Waals surface area contributed by atoms with E-state index >= 15 is 0 Å². The van der Waals surface area contributed by atoms with E-state index in [1.54, 1.807) is 0 Å². The fourth-order valence-corrected chi connectivity index (χ4v) is 1.10. The maximum atomic E-state index is 9.29. The third-order valence-electron chi connectivity index (χ3n) is 1.96. The second-order valence-corrected chi connectivity index (χ2v) is 2.92. The van der Waals surface area contributed by atoms with Crippen LogP contribution in [0.25, 0.3) is 0 Å². The maximum absolute atomic E-state index is 9.29. The summed E-state index contributed by atoms with van der Waals surface area (Å²) in [5, 5.41) is 17.9. The number of rotatable bonds is 1. The lowest BCUT2D eigenvalue weighted by Gasteiger charge is -2.30. The zero-order valence-corrected chi connectivity index (χ0v) is 6.16. The molecule has 0 radical (unpaired) electrons. The van der Waals surface area contributed by atoms with E-state index in [1.165, 1.54) is 0 Å². The zero-order chi connectivity index (χ0) is 7.56. The van der Waals surface area contributed by atoms with Gasteiger partial charge in [-0.15, -0.1) is 0 Å². The van der Waals surface area contributed by atoms with Crippen molar-refractivity contribution >= 4 is 0 Å². The van der Waals surface area contributed by atoms with Gasteiger partial charge in [-0.3, -0.25) is 0 Å². The first-order chi connectivity index (χ1) is 4.74. The largest absolute Gasteiger partial charge is 0.394 e. The van der Waals surface area contributed by atoms with Gasteiger partial charge >= 0.3 is 0 Å². The van der Waals surface area contributed by atoms with E-state index < -0.39 is 0 Å². The van der Waals surface area contributed by atoms with Crippen molar-refractivity contribution in [2.45, 2.75) is 25.6 Å². The van der Waals surface area contributed by atoms with Crippen molar-refractivity contribution in [2.24, 2.45) is 5.92 Å². The van der Waals surface area contributed by atoms with Gasteiger partial charge in [-0.2, -0.15) is 0 Å². The highest BCUT2D eigenvalue weighted by Crippen LogP contribution is 2.18. The molecule has 2 N–H and O–H groups in total. The molecule has 0 aliphatic carbocycles. The average molecular weight is 146 g/mol. The molecule has 3 heteroatoms. The van der Waals surface area contributed by atoms with Gasteiger partial charge in [0.1, 0.15) is 0 Å². The first kappa shape index (κ1) is 7.98. The second-order valence-electron chi connectivity index (χ2n) is 2.92. The summed E-state index contributed by atoms with van der Waals surface area (Å²) in [6.07, 6.45) is 0.120. The minimum atomic E-state index is -0.300. The molecular weight excluding hydrogens is 132 g/mol. The molecule has 3 unspecified atom stereocenters. The van der Waals surface area contributed by atoms with E-state index in [1.807, 2.05) is 6.92 Å². The Bertz CT molecular complexity index is 105. The SMILES string of the molecule is CC1COC(CO)CC1O. The molecule has 0 saturated carbocycles. The van der Waals surface area contributed by atoms with Gasteiger partial charge in [-0.1, -0.05) is 6.92 Å². The summed E-state index contributed by atoms with van der Waals surface area (Å²) in [4.78, 5) is 0. The first-order valence-electron chi connectivity index (χ1n) is 3.64. The summed E-state index contributed by atoms with van der Waals surface area (Å²) in [7, 11) is 0. The van der Waals surface area contributed by atoms with E-state index in [9.17, 15) is 5.11 Å². The van der Waals surface area contributed by atoms with Crippen LogP contribution in [0.1, 0.15) is 13.3 Å². The van der Waals surface area contributed by atoms with Crippen LogP contribution >= 0.6 is 0 Å². The Morgan fingerprint density at radius 3 is 2.80 bits per heavy atom. The quantitative estimate of drug-likeness (QED) is 0.537. The van der Waals surface area contributed by atoms with Crippen LogP contribution in [-0.4, -0.2) is 35.6 Å². The Morgan fingerprint density at radius 1 is 1.60 bits per heavy atom. The minimum Gasteiger partial charge on any atom is -0.394 e. The Balaban J connectivity index is 2.33. The molecule has 0 aromatic rings. The number of hydrogen-bond acceptors (Lipinski definition) is 3. The third-order valence-corrected chi connectivity index (χ3v) is 1.96. The summed E-state index contributed by atoms with van der Waals surface area (Å²) in [5.74, 6) is 0.211. The molecule has 1 heterocycles. The fraction of sp³-hybridized carbons (Fsp3) is 1.00. The van der Waals surface area contributed by atoms with Gasteiger partial charge in [-0.25, -0.2) is 0 Å². The summed E-state index contributed by atoms with van der Waals surface area (Å²) < 4.78 is 5.20. The van der Waals surface area contributed by atoms with Crippen LogP contribution in [0.3, 0.4) is 0 Å². The molecule has 0 bridgehead atoms. The molecule has 0 aromatic carbocycles. The predicted octanol–water partition coefficient (Wildman–Crippen LogP) is -0.235. The Hall–Kier alpha value is -0.120. The van der Waals surface area contributed by atoms with Crippen LogP contribution in [0.4, 0.5) is 0 Å². The second kappa shape index (κ2) is 3.32. The Labute approximate surface area is 60.6 Å². The normalized spacial score (nSPS) is 41.7. The molecule has 10 heavy (non-hydrogen) atoms. The van der Waals surface area contributed by atoms with Crippen molar-refractivity contribution in [1.82, 2.24) is 0 Å². The van der Waals surface area contributed by atoms with Gasteiger partial charge in [0.15, 0.2) is 0 Å². The van der Waals surface area contributed by atoms with Gasteiger partial charge in [0.25, 0.3) is 0 Å².